The third-order valence-corrected chi connectivity index (χ3v) is 6.05. The molecule has 0 radical (unpaired) electrons. The molecular formula is C23H21ClF2N4O2. The van der Waals surface area contributed by atoms with Crippen LogP contribution >= 0.6 is 11.6 Å². The fraction of sp³-hybridized carbons (Fsp3) is 0.261. The summed E-state index contributed by atoms with van der Waals surface area (Å²) in [6, 6.07) is 5.14. The molecular weight excluding hydrogens is 438 g/mol. The first-order valence-corrected chi connectivity index (χ1v) is 10.5. The van der Waals surface area contributed by atoms with Crippen molar-refractivity contribution >= 4 is 34.2 Å². The van der Waals surface area contributed by atoms with Crippen LogP contribution in [0.2, 0.25) is 5.02 Å². The number of phenolic OH excluding ortho intramolecular Hbond substituents is 1. The molecule has 1 atom stereocenters. The lowest BCUT2D eigenvalue weighted by molar-refractivity contribution is -0.126. The highest BCUT2D eigenvalue weighted by atomic mass is 35.5. The normalized spacial score (nSPS) is 16.4. The summed E-state index contributed by atoms with van der Waals surface area (Å²) in [6.07, 6.45) is 3.26. The second-order valence-corrected chi connectivity index (χ2v) is 7.93. The maximum atomic E-state index is 15.6. The van der Waals surface area contributed by atoms with Crippen LogP contribution in [-0.4, -0.2) is 51.6 Å². The first kappa shape index (κ1) is 22.0. The molecule has 6 nitrogen and oxygen atoms in total. The van der Waals surface area contributed by atoms with Gasteiger partial charge in [-0.2, -0.15) is 0 Å². The van der Waals surface area contributed by atoms with Crippen LogP contribution in [0, 0.1) is 11.6 Å². The average Bonchev–Trinajstić information content (AvgIpc) is 2.79. The number of piperazine rings is 1. The first-order valence-electron chi connectivity index (χ1n) is 10.2. The molecule has 9 heteroatoms. The van der Waals surface area contributed by atoms with Gasteiger partial charge in [-0.05, 0) is 30.7 Å². The molecule has 166 valence electrons. The Morgan fingerprint density at radius 3 is 2.78 bits per heavy atom. The molecule has 1 aromatic heterocycles. The molecule has 4 rings (SSSR count). The smallest absolute Gasteiger partial charge is 0.246 e. The number of fused-ring (bicyclic) bond motifs is 1. The van der Waals surface area contributed by atoms with Crippen molar-refractivity contribution in [1.82, 2.24) is 14.9 Å². The number of carbonyl (C=O) groups excluding carboxylic acids is 1. The number of benzene rings is 2. The topological polar surface area (TPSA) is 69.6 Å². The minimum atomic E-state index is -0.843. The number of anilines is 1. The Labute approximate surface area is 188 Å². The van der Waals surface area contributed by atoms with Gasteiger partial charge in [0.05, 0.1) is 10.6 Å². The average molecular weight is 459 g/mol. The monoisotopic (exact) mass is 458 g/mol. The molecule has 1 aliphatic heterocycles. The van der Waals surface area contributed by atoms with E-state index >= 15 is 4.39 Å². The van der Waals surface area contributed by atoms with E-state index in [1.165, 1.54) is 30.6 Å². The van der Waals surface area contributed by atoms with E-state index in [1.807, 2.05) is 11.8 Å². The highest BCUT2D eigenvalue weighted by molar-refractivity contribution is 6.34. The van der Waals surface area contributed by atoms with E-state index in [2.05, 4.69) is 16.5 Å². The number of hydrogen-bond donors (Lipinski definition) is 1. The van der Waals surface area contributed by atoms with Crippen molar-refractivity contribution in [2.75, 3.05) is 24.5 Å². The van der Waals surface area contributed by atoms with Crippen LogP contribution in [0.1, 0.15) is 13.3 Å². The van der Waals surface area contributed by atoms with Crippen LogP contribution in [0.4, 0.5) is 14.6 Å². The maximum Gasteiger partial charge on any atom is 0.246 e. The summed E-state index contributed by atoms with van der Waals surface area (Å²) in [6.45, 7) is 6.96. The van der Waals surface area contributed by atoms with Crippen molar-refractivity contribution in [2.24, 2.45) is 0 Å². The molecule has 1 N–H and O–H groups in total. The van der Waals surface area contributed by atoms with E-state index in [4.69, 9.17) is 11.6 Å². The van der Waals surface area contributed by atoms with Gasteiger partial charge in [-0.15, -0.1) is 0 Å². The Bertz CT molecular complexity index is 1200. The standard InChI is InChI=1S/C23H21ClF2N4O2/c1-3-13-11-29(18(32)4-2)8-9-30(13)23-14-10-15(24)19(21(26)22(14)27-12-28-23)20-16(25)6-5-7-17(20)31/h4-7,10,12-13,31H,2-3,8-9,11H2,1H3. The van der Waals surface area contributed by atoms with Crippen molar-refractivity contribution < 1.29 is 18.7 Å². The second-order valence-electron chi connectivity index (χ2n) is 7.52. The molecule has 32 heavy (non-hydrogen) atoms. The second kappa shape index (κ2) is 8.70. The molecule has 2 heterocycles. The van der Waals surface area contributed by atoms with E-state index in [9.17, 15) is 14.3 Å². The molecule has 1 amide bonds. The minimum Gasteiger partial charge on any atom is -0.507 e. The lowest BCUT2D eigenvalue weighted by Crippen LogP contribution is -2.54. The molecule has 1 unspecified atom stereocenters. The largest absolute Gasteiger partial charge is 0.507 e. The third-order valence-electron chi connectivity index (χ3n) is 5.75. The number of rotatable bonds is 4. The van der Waals surface area contributed by atoms with Gasteiger partial charge in [0, 0.05) is 36.6 Å². The summed E-state index contributed by atoms with van der Waals surface area (Å²) in [5.74, 6) is -1.72. The Morgan fingerprint density at radius 2 is 2.09 bits per heavy atom. The van der Waals surface area contributed by atoms with Gasteiger partial charge < -0.3 is 14.9 Å². The highest BCUT2D eigenvalue weighted by Gasteiger charge is 2.31. The van der Waals surface area contributed by atoms with Crippen molar-refractivity contribution in [2.45, 2.75) is 19.4 Å². The summed E-state index contributed by atoms with van der Waals surface area (Å²) < 4.78 is 30.0. The van der Waals surface area contributed by atoms with Crippen molar-refractivity contribution in [3.63, 3.8) is 0 Å². The molecule has 1 saturated heterocycles. The fourth-order valence-electron chi connectivity index (χ4n) is 4.15. The SMILES string of the molecule is C=CC(=O)N1CCN(c2ncnc3c(F)c(-c4c(O)cccc4F)c(Cl)cc23)C(CC)C1. The van der Waals surface area contributed by atoms with Crippen LogP contribution in [-0.2, 0) is 4.79 Å². The van der Waals surface area contributed by atoms with Gasteiger partial charge in [0.25, 0.3) is 0 Å². The van der Waals surface area contributed by atoms with Gasteiger partial charge in [0.2, 0.25) is 5.91 Å². The predicted molar refractivity (Wildman–Crippen MR) is 120 cm³/mol. The molecule has 1 aliphatic rings. The molecule has 0 bridgehead atoms. The third kappa shape index (κ3) is 3.64. The van der Waals surface area contributed by atoms with Crippen LogP contribution in [0.3, 0.4) is 0 Å². The Morgan fingerprint density at radius 1 is 1.31 bits per heavy atom. The van der Waals surface area contributed by atoms with Gasteiger partial charge in [0.15, 0.2) is 5.82 Å². The van der Waals surface area contributed by atoms with Crippen LogP contribution in [0.5, 0.6) is 5.75 Å². The summed E-state index contributed by atoms with van der Waals surface area (Å²) in [4.78, 5) is 24.2. The van der Waals surface area contributed by atoms with Crippen LogP contribution in [0.25, 0.3) is 22.0 Å². The van der Waals surface area contributed by atoms with E-state index in [0.29, 0.717) is 30.8 Å². The van der Waals surface area contributed by atoms with Crippen LogP contribution < -0.4 is 4.90 Å². The summed E-state index contributed by atoms with van der Waals surface area (Å²) in [7, 11) is 0. The molecule has 0 spiro atoms. The maximum absolute atomic E-state index is 15.6. The molecule has 0 aliphatic carbocycles. The Kier molecular flexibility index (Phi) is 5.97. The zero-order chi connectivity index (χ0) is 23.0. The number of nitrogens with zero attached hydrogens (tertiary/aromatic N) is 4. The van der Waals surface area contributed by atoms with Gasteiger partial charge >= 0.3 is 0 Å². The number of phenols is 1. The molecule has 0 saturated carbocycles. The fourth-order valence-corrected chi connectivity index (χ4v) is 4.43. The van der Waals surface area contributed by atoms with Crippen molar-refractivity contribution in [1.29, 1.82) is 0 Å². The van der Waals surface area contributed by atoms with E-state index in [1.54, 1.807) is 4.90 Å². The molecule has 3 aromatic rings. The molecule has 1 fully saturated rings. The van der Waals surface area contributed by atoms with E-state index < -0.39 is 17.4 Å². The summed E-state index contributed by atoms with van der Waals surface area (Å²) >= 11 is 6.40. The van der Waals surface area contributed by atoms with Gasteiger partial charge in [-0.3, -0.25) is 4.79 Å². The van der Waals surface area contributed by atoms with E-state index in [0.717, 1.165) is 12.5 Å². The first-order chi connectivity index (χ1) is 15.4. The summed E-state index contributed by atoms with van der Waals surface area (Å²) in [5, 5.41) is 10.4. The lowest BCUT2D eigenvalue weighted by Gasteiger charge is -2.41. The van der Waals surface area contributed by atoms with Crippen molar-refractivity contribution in [3.8, 4) is 16.9 Å². The zero-order valence-corrected chi connectivity index (χ0v) is 18.1. The van der Waals surface area contributed by atoms with Gasteiger partial charge in [0.1, 0.15) is 29.2 Å². The van der Waals surface area contributed by atoms with Crippen molar-refractivity contribution in [3.05, 3.63) is 59.9 Å². The Hall–Kier alpha value is -3.26. The lowest BCUT2D eigenvalue weighted by atomic mass is 10.0. The zero-order valence-electron chi connectivity index (χ0n) is 17.4. The minimum absolute atomic E-state index is 0.0310. The van der Waals surface area contributed by atoms with E-state index in [-0.39, 0.29) is 33.6 Å². The number of aromatic nitrogens is 2. The Balaban J connectivity index is 1.84. The summed E-state index contributed by atoms with van der Waals surface area (Å²) in [5.41, 5.74) is -0.607. The number of hydrogen-bond acceptors (Lipinski definition) is 5. The van der Waals surface area contributed by atoms with Gasteiger partial charge in [-0.25, -0.2) is 18.7 Å². The number of halogens is 3. The molecule has 2 aromatic carbocycles. The predicted octanol–water partition coefficient (Wildman–Crippen LogP) is 4.55. The quantitative estimate of drug-likeness (QED) is 0.581. The number of amides is 1. The highest BCUT2D eigenvalue weighted by Crippen LogP contribution is 2.42. The number of aromatic hydroxyl groups is 1. The van der Waals surface area contributed by atoms with Crippen LogP contribution in [0.15, 0.2) is 43.2 Å². The number of carbonyl (C=O) groups is 1. The van der Waals surface area contributed by atoms with Gasteiger partial charge in [-0.1, -0.05) is 31.2 Å².